The highest BCUT2D eigenvalue weighted by atomic mass is 32.2. The standard InChI is InChI=1S/C24H33N3O2S.C12H17O4P.C4H10.C3H8O/c1-6-20-7-9-21(10-8-20)16-27(11-12-29-24(25)28)23(19(4)26-5)30-22-14-17(2)13-18(3)15-22;1-3-9-17(14,15-11(2)10-13)16-12-7-5-4-6-8-12;1-4(2)3;1-3-4-2/h7-10,13-15,26H,6,11-12,16H2,1-5H3,(H2,25,28);4-8,10-11H,3,9H2,1-2H3;4H,1-3H3;3H2,1-2H3/b23-19+;;;/t;11-,17?;;/m.0../s1. The molecule has 55 heavy (non-hydrogen) atoms. The minimum absolute atomic E-state index is 0.232. The molecule has 12 heteroatoms. The number of hydrogen-bond acceptors (Lipinski definition) is 10. The number of hydrogen-bond donors (Lipinski definition) is 2. The maximum Gasteiger partial charge on any atom is 0.404 e. The number of allylic oxidation sites excluding steroid dienone is 1. The molecular formula is C43H68N3O7PS. The van der Waals surface area contributed by atoms with Gasteiger partial charge in [-0.05, 0) is 99.9 Å². The topological polar surface area (TPSA) is 129 Å². The highest BCUT2D eigenvalue weighted by Gasteiger charge is 2.27. The van der Waals surface area contributed by atoms with Crippen LogP contribution in [0.3, 0.4) is 0 Å². The van der Waals surface area contributed by atoms with Crippen LogP contribution in [0.25, 0.3) is 0 Å². The predicted molar refractivity (Wildman–Crippen MR) is 230 cm³/mol. The molecule has 0 saturated carbocycles. The fourth-order valence-electron chi connectivity index (χ4n) is 4.51. The van der Waals surface area contributed by atoms with Gasteiger partial charge >= 0.3 is 13.7 Å². The van der Waals surface area contributed by atoms with Crippen molar-refractivity contribution in [2.45, 2.75) is 99.6 Å². The van der Waals surface area contributed by atoms with Crippen LogP contribution in [-0.4, -0.2) is 63.5 Å². The number of amides is 1. The molecule has 0 aliphatic rings. The Kier molecular flexibility index (Phi) is 27.5. The van der Waals surface area contributed by atoms with Gasteiger partial charge in [-0.25, -0.2) is 9.36 Å². The lowest BCUT2D eigenvalue weighted by atomic mass is 10.1. The van der Waals surface area contributed by atoms with Crippen LogP contribution in [0.15, 0.2) is 88.4 Å². The number of rotatable bonds is 18. The quantitative estimate of drug-likeness (QED) is 0.0728. The lowest BCUT2D eigenvalue weighted by Gasteiger charge is -2.29. The van der Waals surface area contributed by atoms with Crippen molar-refractivity contribution in [3.05, 3.63) is 106 Å². The molecule has 2 atom stereocenters. The van der Waals surface area contributed by atoms with Gasteiger partial charge < -0.3 is 34.7 Å². The average molecular weight is 802 g/mol. The first-order chi connectivity index (χ1) is 26.1. The fourth-order valence-corrected chi connectivity index (χ4v) is 7.55. The van der Waals surface area contributed by atoms with Crippen molar-refractivity contribution in [1.29, 1.82) is 0 Å². The highest BCUT2D eigenvalue weighted by Crippen LogP contribution is 2.49. The molecule has 3 N–H and O–H groups in total. The predicted octanol–water partition coefficient (Wildman–Crippen LogP) is 10.6. The minimum atomic E-state index is -3.25. The molecule has 1 amide bonds. The van der Waals surface area contributed by atoms with Crippen LogP contribution < -0.4 is 15.6 Å². The van der Waals surface area contributed by atoms with E-state index in [1.54, 1.807) is 50.1 Å². The molecule has 0 fully saturated rings. The van der Waals surface area contributed by atoms with Crippen molar-refractivity contribution in [1.82, 2.24) is 10.2 Å². The number of para-hydroxylation sites is 1. The second-order valence-corrected chi connectivity index (χ2v) is 16.5. The molecule has 0 radical (unpaired) electrons. The zero-order chi connectivity index (χ0) is 41.8. The summed E-state index contributed by atoms with van der Waals surface area (Å²) in [4.78, 5) is 25.0. The molecule has 1 unspecified atom stereocenters. The molecule has 3 rings (SSSR count). The van der Waals surface area contributed by atoms with Crippen molar-refractivity contribution in [2.24, 2.45) is 11.7 Å². The van der Waals surface area contributed by atoms with Gasteiger partial charge in [0.25, 0.3) is 0 Å². The first kappa shape index (κ1) is 51.2. The number of ether oxygens (including phenoxy) is 2. The van der Waals surface area contributed by atoms with E-state index in [1.165, 1.54) is 27.1 Å². The van der Waals surface area contributed by atoms with Crippen molar-refractivity contribution in [3.63, 3.8) is 0 Å². The maximum atomic E-state index is 12.3. The van der Waals surface area contributed by atoms with E-state index in [4.69, 9.17) is 19.5 Å². The molecule has 10 nitrogen and oxygen atoms in total. The molecule has 0 heterocycles. The van der Waals surface area contributed by atoms with E-state index in [9.17, 15) is 14.2 Å². The number of aryl methyl sites for hydroxylation is 3. The summed E-state index contributed by atoms with van der Waals surface area (Å²) in [6.45, 7) is 22.6. The van der Waals surface area contributed by atoms with Crippen LogP contribution >= 0.6 is 19.4 Å². The molecule has 3 aromatic rings. The molecule has 0 aliphatic heterocycles. The number of carbonyl (C=O) groups excluding carboxylic acids is 2. The zero-order valence-electron chi connectivity index (χ0n) is 35.3. The van der Waals surface area contributed by atoms with E-state index >= 15 is 0 Å². The van der Waals surface area contributed by atoms with Crippen LogP contribution in [0.2, 0.25) is 0 Å². The highest BCUT2D eigenvalue weighted by molar-refractivity contribution is 8.03. The molecule has 308 valence electrons. The number of carbonyl (C=O) groups is 2. The van der Waals surface area contributed by atoms with Crippen LogP contribution in [0.5, 0.6) is 5.75 Å². The minimum Gasteiger partial charge on any atom is -0.448 e. The lowest BCUT2D eigenvalue weighted by molar-refractivity contribution is -0.113. The fraction of sp³-hybridized carbons (Fsp3) is 0.488. The lowest BCUT2D eigenvalue weighted by Crippen LogP contribution is -2.29. The zero-order valence-corrected chi connectivity index (χ0v) is 37.1. The van der Waals surface area contributed by atoms with Gasteiger partial charge in [-0.15, -0.1) is 0 Å². The van der Waals surface area contributed by atoms with Crippen molar-refractivity contribution in [3.8, 4) is 5.75 Å². The van der Waals surface area contributed by atoms with Gasteiger partial charge in [0.2, 0.25) is 0 Å². The first-order valence-corrected chi connectivity index (χ1v) is 21.5. The Balaban J connectivity index is 0.000000975. The number of methoxy groups -OCH3 is 1. The largest absolute Gasteiger partial charge is 0.448 e. The van der Waals surface area contributed by atoms with Crippen LogP contribution in [-0.2, 0) is 36.3 Å². The van der Waals surface area contributed by atoms with Crippen LogP contribution in [0.4, 0.5) is 4.79 Å². The molecule has 0 spiro atoms. The molecule has 0 aromatic heterocycles. The monoisotopic (exact) mass is 801 g/mol. The Hall–Kier alpha value is -3.76. The SMILES string of the molecule is CC(C)C.CCCP(=O)(Oc1ccccc1)O[C@@H](C)C=O.CCOC.CCc1ccc(CN(CCOC(N)=O)/C(Sc2cc(C)cc(C)c2)=C(/C)NC)cc1. The second-order valence-electron chi connectivity index (χ2n) is 13.4. The Morgan fingerprint density at radius 1 is 0.945 bits per heavy atom. The third-order valence-corrected chi connectivity index (χ3v) is 10.5. The van der Waals surface area contributed by atoms with Crippen molar-refractivity contribution in [2.75, 3.05) is 40.1 Å². The van der Waals surface area contributed by atoms with Crippen LogP contribution in [0, 0.1) is 19.8 Å². The number of aldehydes is 1. The Morgan fingerprint density at radius 3 is 1.95 bits per heavy atom. The number of benzene rings is 3. The molecule has 3 aromatic carbocycles. The van der Waals surface area contributed by atoms with E-state index in [-0.39, 0.29) is 6.61 Å². The summed E-state index contributed by atoms with van der Waals surface area (Å²) in [5, 5.41) is 4.38. The van der Waals surface area contributed by atoms with E-state index in [0.29, 0.717) is 37.7 Å². The van der Waals surface area contributed by atoms with Crippen molar-refractivity contribution < 1.29 is 32.7 Å². The summed E-state index contributed by atoms with van der Waals surface area (Å²) in [6.07, 6.45) is 1.10. The smallest absolute Gasteiger partial charge is 0.404 e. The molecule has 0 saturated heterocycles. The van der Waals surface area contributed by atoms with Gasteiger partial charge in [-0.1, -0.05) is 94.9 Å². The summed E-state index contributed by atoms with van der Waals surface area (Å²) in [5.74, 6) is 1.32. The number of primary amides is 1. The summed E-state index contributed by atoms with van der Waals surface area (Å²) in [5.41, 5.74) is 11.2. The number of thioether (sulfide) groups is 1. The third-order valence-electron chi connectivity index (χ3n) is 7.10. The third kappa shape index (κ3) is 24.4. The van der Waals surface area contributed by atoms with E-state index in [2.05, 4.69) is 106 Å². The Morgan fingerprint density at radius 2 is 1.49 bits per heavy atom. The average Bonchev–Trinajstić information content (AvgIpc) is 3.13. The number of nitrogens with one attached hydrogen (secondary N) is 1. The summed E-state index contributed by atoms with van der Waals surface area (Å²) in [7, 11) is 0.358. The maximum absolute atomic E-state index is 12.3. The first-order valence-electron chi connectivity index (χ1n) is 18.9. The number of nitrogens with two attached hydrogens (primary N) is 1. The van der Waals surface area contributed by atoms with Gasteiger partial charge in [0, 0.05) is 37.9 Å². The Labute approximate surface area is 336 Å². The van der Waals surface area contributed by atoms with E-state index < -0.39 is 19.8 Å². The van der Waals surface area contributed by atoms with Gasteiger partial charge in [-0.3, -0.25) is 4.52 Å². The van der Waals surface area contributed by atoms with Crippen molar-refractivity contribution >= 4 is 31.7 Å². The van der Waals surface area contributed by atoms with Gasteiger partial charge in [0.05, 0.1) is 17.7 Å². The summed E-state index contributed by atoms with van der Waals surface area (Å²) >= 11 is 1.71. The summed E-state index contributed by atoms with van der Waals surface area (Å²) in [6, 6.07) is 24.0. The Bertz CT molecular complexity index is 1550. The molecule has 0 aliphatic carbocycles. The van der Waals surface area contributed by atoms with E-state index in [1.807, 2.05) is 27.0 Å². The van der Waals surface area contributed by atoms with Gasteiger partial charge in [0.1, 0.15) is 24.7 Å². The second kappa shape index (κ2) is 29.5. The summed E-state index contributed by atoms with van der Waals surface area (Å²) < 4.78 is 32.5. The van der Waals surface area contributed by atoms with Gasteiger partial charge in [0.15, 0.2) is 0 Å². The molecular weight excluding hydrogens is 734 g/mol. The van der Waals surface area contributed by atoms with Crippen LogP contribution in [0.1, 0.15) is 84.1 Å². The van der Waals surface area contributed by atoms with Gasteiger partial charge in [-0.2, -0.15) is 0 Å². The normalized spacial score (nSPS) is 12.5. The van der Waals surface area contributed by atoms with E-state index in [0.717, 1.165) is 29.7 Å². The molecule has 0 bridgehead atoms. The number of nitrogens with zero attached hydrogens (tertiary/aromatic N) is 1.